The van der Waals surface area contributed by atoms with Gasteiger partial charge in [-0.25, -0.2) is 0 Å². The zero-order chi connectivity index (χ0) is 49.6. The summed E-state index contributed by atoms with van der Waals surface area (Å²) in [5.41, 5.74) is 0. The maximum absolute atomic E-state index is 13.0. The van der Waals surface area contributed by atoms with Crippen LogP contribution in [0.25, 0.3) is 0 Å². The Balaban J connectivity index is 2.15. The highest BCUT2D eigenvalue weighted by molar-refractivity contribution is 5.76. The van der Waals surface area contributed by atoms with Crippen LogP contribution >= 0.6 is 0 Å². The molecule has 1 fully saturated rings. The second-order valence-corrected chi connectivity index (χ2v) is 20.0. The van der Waals surface area contributed by atoms with Gasteiger partial charge in [0, 0.05) is 12.8 Å². The SMILES string of the molecule is CCCCCCCCCCCCC/C=C/C(O)C(COC1OC(CO)C(O)C(O)C1O)NC(=O)CCCCCCC/C=C\CCCCCCCCCOC(=O)CCCCCCCCCCCCC. The first kappa shape index (κ1) is 64.2. The Kier molecular flexibility index (Phi) is 44.8. The molecule has 1 heterocycles. The van der Waals surface area contributed by atoms with Gasteiger partial charge in [0.25, 0.3) is 0 Å². The summed E-state index contributed by atoms with van der Waals surface area (Å²) in [5, 5.41) is 54.3. The molecule has 0 aromatic rings. The van der Waals surface area contributed by atoms with Gasteiger partial charge < -0.3 is 45.1 Å². The smallest absolute Gasteiger partial charge is 0.305 e. The van der Waals surface area contributed by atoms with Gasteiger partial charge >= 0.3 is 5.97 Å². The van der Waals surface area contributed by atoms with Gasteiger partial charge in [-0.2, -0.15) is 0 Å². The molecule has 0 bridgehead atoms. The third-order valence-corrected chi connectivity index (χ3v) is 13.6. The van der Waals surface area contributed by atoms with Gasteiger partial charge in [-0.15, -0.1) is 0 Å². The topological polar surface area (TPSA) is 175 Å². The molecule has 1 aliphatic rings. The predicted octanol–water partition coefficient (Wildman–Crippen LogP) is 12.6. The summed E-state index contributed by atoms with van der Waals surface area (Å²) in [6.45, 7) is 4.30. The fourth-order valence-corrected chi connectivity index (χ4v) is 8.96. The molecule has 68 heavy (non-hydrogen) atoms. The minimum absolute atomic E-state index is 0.0211. The molecule has 0 radical (unpaired) electrons. The predicted molar refractivity (Wildman–Crippen MR) is 278 cm³/mol. The lowest BCUT2D eigenvalue weighted by atomic mass is 9.99. The average molecular weight is 966 g/mol. The maximum Gasteiger partial charge on any atom is 0.305 e. The molecule has 1 saturated heterocycles. The number of aliphatic hydroxyl groups is 5. The number of aliphatic hydroxyl groups excluding tert-OH is 5. The zero-order valence-corrected chi connectivity index (χ0v) is 43.8. The second kappa shape index (κ2) is 47.5. The van der Waals surface area contributed by atoms with Crippen molar-refractivity contribution >= 4 is 11.9 Å². The van der Waals surface area contributed by atoms with Crippen molar-refractivity contribution in [3.8, 4) is 0 Å². The molecule has 6 N–H and O–H groups in total. The van der Waals surface area contributed by atoms with Crippen LogP contribution < -0.4 is 5.32 Å². The molecule has 0 aliphatic carbocycles. The van der Waals surface area contributed by atoms with Crippen LogP contribution in [-0.4, -0.2) is 100 Å². The van der Waals surface area contributed by atoms with E-state index in [1.165, 1.54) is 148 Å². The van der Waals surface area contributed by atoms with Gasteiger partial charge in [0.05, 0.1) is 32.0 Å². The number of ether oxygens (including phenoxy) is 3. The van der Waals surface area contributed by atoms with E-state index in [0.29, 0.717) is 19.4 Å². The lowest BCUT2D eigenvalue weighted by Gasteiger charge is -2.40. The molecular formula is C57H107NO10. The van der Waals surface area contributed by atoms with Crippen molar-refractivity contribution in [3.05, 3.63) is 24.3 Å². The number of carbonyl (C=O) groups is 2. The first-order valence-electron chi connectivity index (χ1n) is 28.6. The van der Waals surface area contributed by atoms with Crippen molar-refractivity contribution in [2.24, 2.45) is 0 Å². The van der Waals surface area contributed by atoms with Gasteiger partial charge in [0.1, 0.15) is 24.4 Å². The van der Waals surface area contributed by atoms with Crippen LogP contribution in [0.4, 0.5) is 0 Å². The number of nitrogens with one attached hydrogen (secondary N) is 1. The van der Waals surface area contributed by atoms with E-state index in [-0.39, 0.29) is 18.5 Å². The zero-order valence-electron chi connectivity index (χ0n) is 43.8. The van der Waals surface area contributed by atoms with E-state index in [2.05, 4.69) is 31.3 Å². The lowest BCUT2D eigenvalue weighted by molar-refractivity contribution is -0.302. The molecular weight excluding hydrogens is 859 g/mol. The van der Waals surface area contributed by atoms with Gasteiger partial charge in [-0.1, -0.05) is 218 Å². The van der Waals surface area contributed by atoms with Crippen molar-refractivity contribution in [1.29, 1.82) is 0 Å². The van der Waals surface area contributed by atoms with Crippen LogP contribution in [0, 0.1) is 0 Å². The number of carbonyl (C=O) groups excluding carboxylic acids is 2. The molecule has 0 aromatic heterocycles. The number of unbranched alkanes of at least 4 members (excludes halogenated alkanes) is 33. The fraction of sp³-hybridized carbons (Fsp3) is 0.895. The second-order valence-electron chi connectivity index (χ2n) is 20.0. The highest BCUT2D eigenvalue weighted by Crippen LogP contribution is 2.23. The molecule has 1 aliphatic heterocycles. The number of esters is 1. The van der Waals surface area contributed by atoms with Crippen molar-refractivity contribution < 1.29 is 49.3 Å². The Labute approximate surface area is 416 Å². The fourth-order valence-electron chi connectivity index (χ4n) is 8.96. The molecule has 0 aromatic carbocycles. The minimum atomic E-state index is -1.58. The van der Waals surface area contributed by atoms with E-state index in [1.807, 2.05) is 6.08 Å². The monoisotopic (exact) mass is 966 g/mol. The molecule has 0 saturated carbocycles. The van der Waals surface area contributed by atoms with Crippen LogP contribution in [0.1, 0.15) is 264 Å². The van der Waals surface area contributed by atoms with Crippen molar-refractivity contribution in [2.75, 3.05) is 19.8 Å². The van der Waals surface area contributed by atoms with Gasteiger partial charge in [0.15, 0.2) is 6.29 Å². The van der Waals surface area contributed by atoms with Crippen molar-refractivity contribution in [1.82, 2.24) is 5.32 Å². The van der Waals surface area contributed by atoms with E-state index in [0.717, 1.165) is 89.9 Å². The lowest BCUT2D eigenvalue weighted by Crippen LogP contribution is -2.60. The summed E-state index contributed by atoms with van der Waals surface area (Å²) in [7, 11) is 0. The molecule has 1 rings (SSSR count). The number of hydrogen-bond donors (Lipinski definition) is 6. The van der Waals surface area contributed by atoms with Gasteiger partial charge in [0.2, 0.25) is 5.91 Å². The normalized spacial score (nSPS) is 19.5. The summed E-state index contributed by atoms with van der Waals surface area (Å²) < 4.78 is 16.7. The van der Waals surface area contributed by atoms with Crippen LogP contribution in [0.3, 0.4) is 0 Å². The maximum atomic E-state index is 13.0. The van der Waals surface area contributed by atoms with Crippen LogP contribution in [0.5, 0.6) is 0 Å². The van der Waals surface area contributed by atoms with E-state index < -0.39 is 49.5 Å². The summed E-state index contributed by atoms with van der Waals surface area (Å²) in [4.78, 5) is 25.0. The first-order valence-corrected chi connectivity index (χ1v) is 28.6. The molecule has 0 spiro atoms. The van der Waals surface area contributed by atoms with Crippen LogP contribution in [-0.2, 0) is 23.8 Å². The molecule has 1 amide bonds. The highest BCUT2D eigenvalue weighted by atomic mass is 16.7. The third-order valence-electron chi connectivity index (χ3n) is 13.6. The van der Waals surface area contributed by atoms with Crippen molar-refractivity contribution in [3.63, 3.8) is 0 Å². The average Bonchev–Trinajstić information content (AvgIpc) is 3.33. The molecule has 7 atom stereocenters. The molecule has 400 valence electrons. The molecule has 11 heteroatoms. The van der Waals surface area contributed by atoms with Crippen LogP contribution in [0.15, 0.2) is 24.3 Å². The Morgan fingerprint density at radius 3 is 1.41 bits per heavy atom. The summed E-state index contributed by atoms with van der Waals surface area (Å²) in [5.74, 6) is -0.219. The Hall–Kier alpha value is -1.86. The summed E-state index contributed by atoms with van der Waals surface area (Å²) >= 11 is 0. The molecule has 11 nitrogen and oxygen atoms in total. The Morgan fingerprint density at radius 2 is 0.941 bits per heavy atom. The van der Waals surface area contributed by atoms with E-state index in [1.54, 1.807) is 6.08 Å². The first-order chi connectivity index (χ1) is 33.2. The summed E-state index contributed by atoms with van der Waals surface area (Å²) in [6, 6.07) is -0.821. The number of allylic oxidation sites excluding steroid dienone is 3. The van der Waals surface area contributed by atoms with E-state index in [4.69, 9.17) is 14.2 Å². The quantitative estimate of drug-likeness (QED) is 0.0196. The van der Waals surface area contributed by atoms with Gasteiger partial charge in [-0.3, -0.25) is 9.59 Å². The van der Waals surface area contributed by atoms with Crippen molar-refractivity contribution in [2.45, 2.75) is 307 Å². The van der Waals surface area contributed by atoms with E-state index in [9.17, 15) is 35.1 Å². The minimum Gasteiger partial charge on any atom is -0.466 e. The van der Waals surface area contributed by atoms with Gasteiger partial charge in [-0.05, 0) is 57.8 Å². The highest BCUT2D eigenvalue weighted by Gasteiger charge is 2.44. The standard InChI is InChI=1S/C57H107NO10/c1-3-5-7-9-11-13-15-20-24-27-31-35-39-43-50(60)49(48-67-57-56(65)55(64)54(63)51(47-59)68-57)58-52(61)44-40-36-32-28-25-21-18-16-17-19-22-26-30-34-38-42-46-66-53(62)45-41-37-33-29-23-14-12-10-8-6-4-2/h16,18,39,43,49-51,54-57,59-60,63-65H,3-15,17,19-38,40-42,44-48H2,1-2H3,(H,58,61)/b18-16-,43-39+. The largest absolute Gasteiger partial charge is 0.466 e. The Bertz CT molecular complexity index is 1180. The number of hydrogen-bond acceptors (Lipinski definition) is 10. The van der Waals surface area contributed by atoms with Crippen LogP contribution in [0.2, 0.25) is 0 Å². The number of rotatable bonds is 49. The third kappa shape index (κ3) is 37.0. The Morgan fingerprint density at radius 1 is 0.529 bits per heavy atom. The summed E-state index contributed by atoms with van der Waals surface area (Å²) in [6.07, 6.45) is 45.4. The molecule has 7 unspecified atom stereocenters. The number of amides is 1. The van der Waals surface area contributed by atoms with E-state index >= 15 is 0 Å².